The Morgan fingerprint density at radius 2 is 2.00 bits per heavy atom. The van der Waals surface area contributed by atoms with Gasteiger partial charge in [-0.15, -0.1) is 0 Å². The molecule has 2 N–H and O–H groups in total. The maximum Gasteiger partial charge on any atom is 0.433 e. The van der Waals surface area contributed by atoms with Crippen molar-refractivity contribution in [3.05, 3.63) is 47.7 Å². The van der Waals surface area contributed by atoms with Crippen LogP contribution in [-0.4, -0.2) is 32.7 Å². The summed E-state index contributed by atoms with van der Waals surface area (Å²) in [7, 11) is 1.51. The van der Waals surface area contributed by atoms with Crippen LogP contribution in [0.1, 0.15) is 30.1 Å². The Balaban J connectivity index is 1.87. The zero-order chi connectivity index (χ0) is 20.5. The van der Waals surface area contributed by atoms with Gasteiger partial charge in [0.2, 0.25) is 0 Å². The molecule has 1 unspecified atom stereocenters. The summed E-state index contributed by atoms with van der Waals surface area (Å²) in [5.74, 6) is 0. The molecule has 0 fully saturated rings. The number of pyridine rings is 1. The van der Waals surface area contributed by atoms with E-state index in [1.165, 1.54) is 19.4 Å². The number of fused-ring (bicyclic) bond motifs is 1. The number of amides is 2. The fraction of sp³-hybridized carbons (Fsp3) is 0.294. The number of nitrogens with zero attached hydrogens (tertiary/aromatic N) is 4. The van der Waals surface area contributed by atoms with Gasteiger partial charge in [0.25, 0.3) is 0 Å². The predicted octanol–water partition coefficient (Wildman–Crippen LogP) is 3.80. The zero-order valence-electron chi connectivity index (χ0n) is 15.2. The normalized spacial score (nSPS) is 12.8. The molecular formula is C17H17F3N6O2. The molecule has 3 rings (SSSR count). The Bertz CT molecular complexity index is 1020. The second kappa shape index (κ2) is 7.43. The summed E-state index contributed by atoms with van der Waals surface area (Å²) in [6, 6.07) is 3.03. The monoisotopic (exact) mass is 394 g/mol. The van der Waals surface area contributed by atoms with Crippen LogP contribution in [0.3, 0.4) is 0 Å². The molecule has 3 aromatic rings. The van der Waals surface area contributed by atoms with Crippen molar-refractivity contribution in [1.82, 2.24) is 19.6 Å². The molecule has 0 aromatic carbocycles. The Hall–Kier alpha value is -3.21. The van der Waals surface area contributed by atoms with Gasteiger partial charge in [0.1, 0.15) is 5.69 Å². The van der Waals surface area contributed by atoms with Gasteiger partial charge < -0.3 is 15.4 Å². The molecule has 3 heterocycles. The smallest absolute Gasteiger partial charge is 0.375 e. The standard InChI is InChI=1S/C17H17F3N6O2/c1-9-6-14-22-8-12(15(10(2)28-3)26(14)25-9)24-16(27)23-11-4-5-21-13(7-11)17(18,19)20/h4-8,10H,1-3H3,(H2,21,23,24,27). The molecular weight excluding hydrogens is 377 g/mol. The first-order valence-corrected chi connectivity index (χ1v) is 8.18. The SMILES string of the molecule is COC(C)c1c(NC(=O)Nc2ccnc(C(F)(F)F)c2)cnc2cc(C)nn12. The van der Waals surface area contributed by atoms with E-state index in [0.717, 1.165) is 18.0 Å². The first kappa shape index (κ1) is 19.5. The first-order valence-electron chi connectivity index (χ1n) is 8.18. The summed E-state index contributed by atoms with van der Waals surface area (Å²) in [4.78, 5) is 19.8. The fourth-order valence-corrected chi connectivity index (χ4v) is 2.61. The molecule has 11 heteroatoms. The minimum absolute atomic E-state index is 0.0508. The van der Waals surface area contributed by atoms with Crippen LogP contribution in [-0.2, 0) is 10.9 Å². The number of urea groups is 1. The average Bonchev–Trinajstić information content (AvgIpc) is 3.00. The van der Waals surface area contributed by atoms with Crippen LogP contribution in [0.25, 0.3) is 5.65 Å². The van der Waals surface area contributed by atoms with Gasteiger partial charge >= 0.3 is 12.2 Å². The third-order valence-corrected chi connectivity index (χ3v) is 3.94. The lowest BCUT2D eigenvalue weighted by Crippen LogP contribution is -2.22. The zero-order valence-corrected chi connectivity index (χ0v) is 15.2. The van der Waals surface area contributed by atoms with Crippen LogP contribution < -0.4 is 10.6 Å². The topological polar surface area (TPSA) is 93.4 Å². The number of halogens is 3. The third kappa shape index (κ3) is 4.03. The number of rotatable bonds is 4. The van der Waals surface area contributed by atoms with Gasteiger partial charge in [-0.1, -0.05) is 0 Å². The van der Waals surface area contributed by atoms with E-state index in [-0.39, 0.29) is 5.69 Å². The van der Waals surface area contributed by atoms with Crippen LogP contribution in [0.4, 0.5) is 29.3 Å². The number of hydrogen-bond donors (Lipinski definition) is 2. The molecule has 8 nitrogen and oxygen atoms in total. The number of aryl methyl sites for hydroxylation is 1. The third-order valence-electron chi connectivity index (χ3n) is 3.94. The molecule has 0 saturated carbocycles. The van der Waals surface area contributed by atoms with Crippen LogP contribution in [0.2, 0.25) is 0 Å². The summed E-state index contributed by atoms with van der Waals surface area (Å²) < 4.78 is 45.2. The van der Waals surface area contributed by atoms with E-state index in [1.54, 1.807) is 24.4 Å². The van der Waals surface area contributed by atoms with Gasteiger partial charge in [-0.25, -0.2) is 14.3 Å². The van der Waals surface area contributed by atoms with Crippen molar-refractivity contribution in [2.24, 2.45) is 0 Å². The lowest BCUT2D eigenvalue weighted by atomic mass is 10.2. The molecule has 28 heavy (non-hydrogen) atoms. The average molecular weight is 394 g/mol. The van der Waals surface area contributed by atoms with Crippen molar-refractivity contribution in [1.29, 1.82) is 0 Å². The molecule has 2 amide bonds. The van der Waals surface area contributed by atoms with E-state index in [2.05, 4.69) is 25.7 Å². The Labute approximate surface area is 157 Å². The highest BCUT2D eigenvalue weighted by molar-refractivity contribution is 6.00. The number of nitrogens with one attached hydrogen (secondary N) is 2. The highest BCUT2D eigenvalue weighted by Crippen LogP contribution is 2.29. The van der Waals surface area contributed by atoms with Crippen molar-refractivity contribution < 1.29 is 22.7 Å². The summed E-state index contributed by atoms with van der Waals surface area (Å²) >= 11 is 0. The van der Waals surface area contributed by atoms with E-state index in [0.29, 0.717) is 17.0 Å². The van der Waals surface area contributed by atoms with Gasteiger partial charge in [0, 0.05) is 25.1 Å². The maximum atomic E-state index is 12.8. The van der Waals surface area contributed by atoms with Crippen molar-refractivity contribution in [2.75, 3.05) is 17.7 Å². The molecule has 0 radical (unpaired) electrons. The number of aromatic nitrogens is 4. The number of alkyl halides is 3. The van der Waals surface area contributed by atoms with Gasteiger partial charge in [-0.3, -0.25) is 4.98 Å². The van der Waals surface area contributed by atoms with Crippen molar-refractivity contribution in [2.45, 2.75) is 26.1 Å². The van der Waals surface area contributed by atoms with E-state index in [9.17, 15) is 18.0 Å². The number of methoxy groups -OCH3 is 1. The molecule has 1 atom stereocenters. The van der Waals surface area contributed by atoms with Crippen molar-refractivity contribution >= 4 is 23.1 Å². The highest BCUT2D eigenvalue weighted by atomic mass is 19.4. The van der Waals surface area contributed by atoms with Crippen LogP contribution in [0.15, 0.2) is 30.6 Å². The van der Waals surface area contributed by atoms with Crippen LogP contribution in [0, 0.1) is 6.92 Å². The Morgan fingerprint density at radius 3 is 2.68 bits per heavy atom. The molecule has 0 aliphatic heterocycles. The lowest BCUT2D eigenvalue weighted by Gasteiger charge is -2.17. The molecule has 0 spiro atoms. The predicted molar refractivity (Wildman–Crippen MR) is 95.0 cm³/mol. The molecule has 0 aliphatic rings. The molecule has 148 valence electrons. The summed E-state index contributed by atoms with van der Waals surface area (Å²) in [5, 5.41) is 9.27. The van der Waals surface area contributed by atoms with E-state index < -0.39 is 24.0 Å². The maximum absolute atomic E-state index is 12.8. The van der Waals surface area contributed by atoms with Gasteiger partial charge in [0.15, 0.2) is 5.65 Å². The number of anilines is 2. The van der Waals surface area contributed by atoms with Gasteiger partial charge in [-0.05, 0) is 26.0 Å². The van der Waals surface area contributed by atoms with E-state index in [4.69, 9.17) is 4.74 Å². The van der Waals surface area contributed by atoms with Crippen LogP contribution >= 0.6 is 0 Å². The second-order valence-electron chi connectivity index (χ2n) is 6.00. The fourth-order valence-electron chi connectivity index (χ4n) is 2.61. The molecule has 3 aromatic heterocycles. The summed E-state index contributed by atoms with van der Waals surface area (Å²) in [6.45, 7) is 3.57. The summed E-state index contributed by atoms with van der Waals surface area (Å²) in [6.07, 6.45) is -2.63. The lowest BCUT2D eigenvalue weighted by molar-refractivity contribution is -0.141. The van der Waals surface area contributed by atoms with Crippen LogP contribution in [0.5, 0.6) is 0 Å². The minimum atomic E-state index is -4.61. The van der Waals surface area contributed by atoms with Crippen molar-refractivity contribution in [3.8, 4) is 0 Å². The Morgan fingerprint density at radius 1 is 1.25 bits per heavy atom. The number of hydrogen-bond acceptors (Lipinski definition) is 5. The van der Waals surface area contributed by atoms with Crippen molar-refractivity contribution in [3.63, 3.8) is 0 Å². The molecule has 0 aliphatic carbocycles. The largest absolute Gasteiger partial charge is 0.433 e. The Kier molecular flexibility index (Phi) is 5.18. The number of ether oxygens (including phenoxy) is 1. The first-order chi connectivity index (χ1) is 13.2. The van der Waals surface area contributed by atoms with E-state index >= 15 is 0 Å². The molecule has 0 saturated heterocycles. The second-order valence-corrected chi connectivity index (χ2v) is 6.00. The summed E-state index contributed by atoms with van der Waals surface area (Å²) in [5.41, 5.74) is 1.01. The van der Waals surface area contributed by atoms with E-state index in [1.807, 2.05) is 0 Å². The molecule has 0 bridgehead atoms. The highest BCUT2D eigenvalue weighted by Gasteiger charge is 2.32. The van der Waals surface area contributed by atoms with Gasteiger partial charge in [-0.2, -0.15) is 18.3 Å². The number of carbonyl (C=O) groups is 1. The minimum Gasteiger partial charge on any atom is -0.375 e. The van der Waals surface area contributed by atoms with Gasteiger partial charge in [0.05, 0.1) is 29.4 Å². The quantitative estimate of drug-likeness (QED) is 0.702. The number of carbonyl (C=O) groups excluding carboxylic acids is 1.